The molecule has 1 N–H and O–H groups in total. The van der Waals surface area contributed by atoms with Crippen LogP contribution < -0.4 is 0 Å². The first-order valence-corrected chi connectivity index (χ1v) is 7.59. The molecule has 24 heavy (non-hydrogen) atoms. The van der Waals surface area contributed by atoms with E-state index in [4.69, 9.17) is 14.6 Å². The molecule has 6 heteroatoms. The monoisotopic (exact) mass is 342 g/mol. The third kappa shape index (κ3) is 27.9. The molecule has 0 saturated heterocycles. The highest BCUT2D eigenvalue weighted by Crippen LogP contribution is 1.94. The summed E-state index contributed by atoms with van der Waals surface area (Å²) in [5.41, 5.74) is 0.469. The van der Waals surface area contributed by atoms with Crippen molar-refractivity contribution in [2.24, 2.45) is 5.92 Å². The van der Waals surface area contributed by atoms with Crippen molar-refractivity contribution in [3.05, 3.63) is 37.5 Å². The average Bonchev–Trinajstić information content (AvgIpc) is 2.53. The number of esters is 2. The molecule has 0 fully saturated rings. The first-order chi connectivity index (χ1) is 11.1. The zero-order chi connectivity index (χ0) is 19.5. The van der Waals surface area contributed by atoms with Gasteiger partial charge >= 0.3 is 17.9 Å². The molecular weight excluding hydrogens is 312 g/mol. The van der Waals surface area contributed by atoms with E-state index < -0.39 is 5.97 Å². The van der Waals surface area contributed by atoms with Crippen LogP contribution in [0.4, 0.5) is 0 Å². The number of ether oxygens (including phenoxy) is 2. The van der Waals surface area contributed by atoms with Crippen LogP contribution in [-0.4, -0.2) is 36.2 Å². The summed E-state index contributed by atoms with van der Waals surface area (Å²) in [4.78, 5) is 30.3. The molecule has 0 heterocycles. The summed E-state index contributed by atoms with van der Waals surface area (Å²) in [7, 11) is 0. The third-order valence-corrected chi connectivity index (χ3v) is 1.98. The van der Waals surface area contributed by atoms with E-state index >= 15 is 0 Å². The second-order valence-electron chi connectivity index (χ2n) is 5.04. The number of rotatable bonds is 8. The van der Waals surface area contributed by atoms with Gasteiger partial charge in [-0.15, -0.1) is 0 Å². The van der Waals surface area contributed by atoms with Gasteiger partial charge < -0.3 is 14.6 Å². The molecule has 0 unspecified atom stereocenters. The van der Waals surface area contributed by atoms with E-state index in [0.29, 0.717) is 24.7 Å². The van der Waals surface area contributed by atoms with Crippen molar-refractivity contribution >= 4 is 17.9 Å². The maximum atomic E-state index is 10.7. The number of carboxylic acids is 1. The van der Waals surface area contributed by atoms with Crippen molar-refractivity contribution in [2.45, 2.75) is 40.5 Å². The molecule has 0 amide bonds. The van der Waals surface area contributed by atoms with Crippen LogP contribution in [0.1, 0.15) is 40.5 Å². The van der Waals surface area contributed by atoms with Crippen LogP contribution in [0.2, 0.25) is 0 Å². The topological polar surface area (TPSA) is 89.9 Å². The normalized spacial score (nSPS) is 8.54. The number of aliphatic carboxylic acids is 1. The number of hydrogen-bond donors (Lipinski definition) is 1. The lowest BCUT2D eigenvalue weighted by atomic mass is 10.2. The summed E-state index contributed by atoms with van der Waals surface area (Å²) < 4.78 is 9.50. The van der Waals surface area contributed by atoms with Gasteiger partial charge in [0, 0.05) is 17.7 Å². The minimum atomic E-state index is -0.981. The van der Waals surface area contributed by atoms with Gasteiger partial charge in [-0.25, -0.2) is 14.4 Å². The van der Waals surface area contributed by atoms with E-state index in [1.807, 2.05) is 13.8 Å². The maximum Gasteiger partial charge on any atom is 0.333 e. The Hall–Kier alpha value is -2.37. The van der Waals surface area contributed by atoms with Gasteiger partial charge in [0.05, 0.1) is 13.2 Å². The fourth-order valence-corrected chi connectivity index (χ4v) is 0.740. The van der Waals surface area contributed by atoms with Crippen molar-refractivity contribution < 1.29 is 29.0 Å². The molecule has 0 aromatic rings. The van der Waals surface area contributed by atoms with Gasteiger partial charge in [0.15, 0.2) is 0 Å². The predicted molar refractivity (Wildman–Crippen MR) is 94.5 cm³/mol. The molecule has 0 atom stereocenters. The Balaban J connectivity index is -0.000000291. The number of carboxylic acid groups (broad SMARTS) is 1. The Bertz CT molecular complexity index is 410. The van der Waals surface area contributed by atoms with Crippen LogP contribution in [0.25, 0.3) is 0 Å². The smallest absolute Gasteiger partial charge is 0.333 e. The Morgan fingerprint density at radius 1 is 1.12 bits per heavy atom. The van der Waals surface area contributed by atoms with Crippen molar-refractivity contribution in [2.75, 3.05) is 13.2 Å². The molecule has 0 bridgehead atoms. The quantitative estimate of drug-likeness (QED) is 0.412. The molecule has 0 aliphatic heterocycles. The van der Waals surface area contributed by atoms with E-state index in [2.05, 4.69) is 26.7 Å². The first-order valence-electron chi connectivity index (χ1n) is 7.59. The van der Waals surface area contributed by atoms with Crippen LogP contribution in [0.15, 0.2) is 37.5 Å². The number of hydrogen-bond acceptors (Lipinski definition) is 5. The van der Waals surface area contributed by atoms with Crippen LogP contribution in [0.5, 0.6) is 0 Å². The second kappa shape index (κ2) is 18.7. The maximum absolute atomic E-state index is 10.7. The zero-order valence-electron chi connectivity index (χ0n) is 15.2. The summed E-state index contributed by atoms with van der Waals surface area (Å²) in [6.07, 6.45) is 3.98. The zero-order valence-corrected chi connectivity index (χ0v) is 15.2. The van der Waals surface area contributed by atoms with Gasteiger partial charge in [0.1, 0.15) is 0 Å². The second-order valence-corrected chi connectivity index (χ2v) is 5.04. The summed E-state index contributed by atoms with van der Waals surface area (Å²) in [5.74, 6) is -1.21. The first kappa shape index (κ1) is 26.5. The molecule has 0 aliphatic carbocycles. The van der Waals surface area contributed by atoms with Crippen LogP contribution in [0, 0.1) is 5.92 Å². The van der Waals surface area contributed by atoms with Gasteiger partial charge in [-0.1, -0.05) is 46.9 Å². The molecule has 0 aliphatic rings. The van der Waals surface area contributed by atoms with E-state index in [-0.39, 0.29) is 11.9 Å². The summed E-state index contributed by atoms with van der Waals surface area (Å²) in [5, 5.41) is 7.60. The minimum Gasteiger partial charge on any atom is -0.478 e. The number of carbonyl (C=O) groups is 3. The molecule has 0 spiro atoms. The van der Waals surface area contributed by atoms with E-state index in [0.717, 1.165) is 18.9 Å². The number of carbonyl (C=O) groups excluding carboxylic acids is 2. The highest BCUT2D eigenvalue weighted by atomic mass is 16.5. The number of unbranched alkanes of at least 4 members (excludes halogenated alkanes) is 1. The van der Waals surface area contributed by atoms with Gasteiger partial charge in [-0.05, 0) is 19.3 Å². The Labute approximate surface area is 144 Å². The molecule has 6 nitrogen and oxygen atoms in total. The lowest BCUT2D eigenvalue weighted by Gasteiger charge is -2.02. The molecule has 0 aromatic heterocycles. The Morgan fingerprint density at radius 3 is 1.92 bits per heavy atom. The van der Waals surface area contributed by atoms with E-state index in [1.54, 1.807) is 6.92 Å². The summed E-state index contributed by atoms with van der Waals surface area (Å²) in [6, 6.07) is 0. The minimum absolute atomic E-state index is 0.284. The molecule has 0 radical (unpaired) electrons. The van der Waals surface area contributed by atoms with Gasteiger partial charge in [-0.2, -0.15) is 0 Å². The van der Waals surface area contributed by atoms with Crippen LogP contribution in [-0.2, 0) is 23.9 Å². The van der Waals surface area contributed by atoms with Crippen molar-refractivity contribution in [3.63, 3.8) is 0 Å². The van der Waals surface area contributed by atoms with E-state index in [9.17, 15) is 14.4 Å². The summed E-state index contributed by atoms with van der Waals surface area (Å²) >= 11 is 0. The van der Waals surface area contributed by atoms with Gasteiger partial charge in [-0.3, -0.25) is 0 Å². The largest absolute Gasteiger partial charge is 0.478 e. The third-order valence-electron chi connectivity index (χ3n) is 1.98. The lowest BCUT2D eigenvalue weighted by molar-refractivity contribution is -0.139. The molecular formula is C18H30O6. The highest BCUT2D eigenvalue weighted by molar-refractivity contribution is 5.86. The SMILES string of the molecule is C=C(C)C(=O)OCCCC.C=CC(=O)O.C=CC(=O)OCC(C)C. The Kier molecular flexibility index (Phi) is 20.6. The Morgan fingerprint density at radius 2 is 1.62 bits per heavy atom. The summed E-state index contributed by atoms with van der Waals surface area (Å²) in [6.45, 7) is 18.3. The fourth-order valence-electron chi connectivity index (χ4n) is 0.740. The van der Waals surface area contributed by atoms with Crippen molar-refractivity contribution in [1.29, 1.82) is 0 Å². The lowest BCUT2D eigenvalue weighted by Crippen LogP contribution is -2.06. The van der Waals surface area contributed by atoms with Gasteiger partial charge in [0.25, 0.3) is 0 Å². The average molecular weight is 342 g/mol. The van der Waals surface area contributed by atoms with Crippen molar-refractivity contribution in [1.82, 2.24) is 0 Å². The standard InChI is InChI=1S/C8H14O2.C7H12O2.C3H4O2/c1-4-5-6-10-8(9)7(2)3;1-4-7(8)9-5-6(2)3;1-2-3(4)5/h2,4-6H2,1,3H3;4,6H,1,5H2,2-3H3;2H,1H2,(H,4,5). The van der Waals surface area contributed by atoms with E-state index in [1.165, 1.54) is 6.08 Å². The predicted octanol–water partition coefficient (Wildman–Crippen LogP) is 3.53. The molecule has 0 rings (SSSR count). The molecule has 0 aromatic carbocycles. The van der Waals surface area contributed by atoms with Crippen LogP contribution >= 0.6 is 0 Å². The fraction of sp³-hybridized carbons (Fsp3) is 0.500. The molecule has 0 saturated carbocycles. The highest BCUT2D eigenvalue weighted by Gasteiger charge is 2.00. The molecule has 138 valence electrons. The van der Waals surface area contributed by atoms with Gasteiger partial charge in [0.2, 0.25) is 0 Å². The van der Waals surface area contributed by atoms with Crippen LogP contribution in [0.3, 0.4) is 0 Å². The van der Waals surface area contributed by atoms with Crippen molar-refractivity contribution in [3.8, 4) is 0 Å².